The average Bonchev–Trinajstić information content (AvgIpc) is 2.79. The first kappa shape index (κ1) is 21.5. The summed E-state index contributed by atoms with van der Waals surface area (Å²) in [5.41, 5.74) is -0.238. The standard InChI is InChI=1S/C22H14F6N4/c23-12-21(24,25)16-2-1-8-30-20(16)13-3-5-15-17(7-9-29-18(15)10-13)32-19-6-4-14(11-31-19)22(26,27)28/h1-11H,12H2,(H,29,31,32). The van der Waals surface area contributed by atoms with Gasteiger partial charge in [-0.25, -0.2) is 9.37 Å². The van der Waals surface area contributed by atoms with Crippen molar-refractivity contribution in [1.29, 1.82) is 0 Å². The number of hydrogen-bond acceptors (Lipinski definition) is 4. The Morgan fingerprint density at radius 3 is 2.34 bits per heavy atom. The molecule has 0 aliphatic carbocycles. The van der Waals surface area contributed by atoms with Gasteiger partial charge in [-0.05, 0) is 36.4 Å². The van der Waals surface area contributed by atoms with E-state index in [-0.39, 0.29) is 11.5 Å². The molecule has 1 N–H and O–H groups in total. The van der Waals surface area contributed by atoms with Crippen molar-refractivity contribution in [2.45, 2.75) is 12.1 Å². The molecule has 32 heavy (non-hydrogen) atoms. The summed E-state index contributed by atoms with van der Waals surface area (Å²) in [7, 11) is 0. The van der Waals surface area contributed by atoms with Gasteiger partial charge < -0.3 is 5.32 Å². The third-order valence-electron chi connectivity index (χ3n) is 4.74. The lowest BCUT2D eigenvalue weighted by Crippen LogP contribution is -2.17. The SMILES string of the molecule is FCC(F)(F)c1cccnc1-c1ccc2c(Nc3ccc(C(F)(F)F)cn3)ccnc2c1. The third kappa shape index (κ3) is 4.20. The van der Waals surface area contributed by atoms with E-state index in [0.717, 1.165) is 18.3 Å². The maximum absolute atomic E-state index is 14.0. The van der Waals surface area contributed by atoms with Crippen LogP contribution in [0, 0.1) is 0 Å². The average molecular weight is 448 g/mol. The van der Waals surface area contributed by atoms with Gasteiger partial charge in [0, 0.05) is 35.1 Å². The fraction of sp³-hybridized carbons (Fsp3) is 0.136. The number of alkyl halides is 6. The van der Waals surface area contributed by atoms with Gasteiger partial charge >= 0.3 is 12.1 Å². The highest BCUT2D eigenvalue weighted by molar-refractivity contribution is 5.94. The first-order valence-electron chi connectivity index (χ1n) is 9.28. The van der Waals surface area contributed by atoms with E-state index in [1.807, 2.05) is 0 Å². The minimum absolute atomic E-state index is 0.0679. The molecule has 0 unspecified atom stereocenters. The molecule has 0 atom stereocenters. The Balaban J connectivity index is 1.70. The van der Waals surface area contributed by atoms with Gasteiger partial charge in [0.25, 0.3) is 0 Å². The molecular formula is C22H14F6N4. The lowest BCUT2D eigenvalue weighted by molar-refractivity contribution is -0.137. The van der Waals surface area contributed by atoms with Crippen LogP contribution in [-0.2, 0) is 12.1 Å². The van der Waals surface area contributed by atoms with Gasteiger partial charge in [-0.3, -0.25) is 9.97 Å². The number of nitrogens with zero attached hydrogens (tertiary/aromatic N) is 3. The van der Waals surface area contributed by atoms with E-state index >= 15 is 0 Å². The highest BCUT2D eigenvalue weighted by Gasteiger charge is 2.35. The Hall–Kier alpha value is -3.69. The van der Waals surface area contributed by atoms with Crippen molar-refractivity contribution in [3.8, 4) is 11.3 Å². The summed E-state index contributed by atoms with van der Waals surface area (Å²) < 4.78 is 79.1. The van der Waals surface area contributed by atoms with Crippen molar-refractivity contribution in [2.24, 2.45) is 0 Å². The van der Waals surface area contributed by atoms with Crippen LogP contribution >= 0.6 is 0 Å². The number of halogens is 6. The van der Waals surface area contributed by atoms with Gasteiger partial charge in [0.15, 0.2) is 6.67 Å². The van der Waals surface area contributed by atoms with E-state index in [1.165, 1.54) is 36.7 Å². The second kappa shape index (κ2) is 8.10. The number of nitrogens with one attached hydrogen (secondary N) is 1. The van der Waals surface area contributed by atoms with Crippen molar-refractivity contribution in [3.05, 3.63) is 78.2 Å². The lowest BCUT2D eigenvalue weighted by atomic mass is 10.00. The normalized spacial score (nSPS) is 12.2. The largest absolute Gasteiger partial charge is 0.417 e. The monoisotopic (exact) mass is 448 g/mol. The first-order chi connectivity index (χ1) is 15.2. The van der Waals surface area contributed by atoms with E-state index in [9.17, 15) is 26.3 Å². The zero-order valence-electron chi connectivity index (χ0n) is 16.2. The zero-order chi connectivity index (χ0) is 22.9. The molecule has 0 saturated heterocycles. The van der Waals surface area contributed by atoms with Gasteiger partial charge in [-0.2, -0.15) is 22.0 Å². The summed E-state index contributed by atoms with van der Waals surface area (Å²) in [5, 5.41) is 3.50. The molecule has 3 heterocycles. The first-order valence-corrected chi connectivity index (χ1v) is 9.28. The number of aromatic nitrogens is 3. The Labute approximate surface area is 178 Å². The van der Waals surface area contributed by atoms with Gasteiger partial charge in [-0.1, -0.05) is 12.1 Å². The van der Waals surface area contributed by atoms with Gasteiger partial charge in [0.1, 0.15) is 5.82 Å². The molecule has 4 aromatic rings. The van der Waals surface area contributed by atoms with Crippen LogP contribution in [0.15, 0.2) is 67.1 Å². The molecule has 4 rings (SSSR count). The molecule has 0 aliphatic heterocycles. The van der Waals surface area contributed by atoms with E-state index < -0.39 is 29.9 Å². The van der Waals surface area contributed by atoms with Crippen LogP contribution in [0.3, 0.4) is 0 Å². The number of fused-ring (bicyclic) bond motifs is 1. The highest BCUT2D eigenvalue weighted by Crippen LogP contribution is 2.36. The van der Waals surface area contributed by atoms with Crippen LogP contribution in [0.4, 0.5) is 37.8 Å². The van der Waals surface area contributed by atoms with E-state index in [2.05, 4.69) is 20.3 Å². The summed E-state index contributed by atoms with van der Waals surface area (Å²) >= 11 is 0. The summed E-state index contributed by atoms with van der Waals surface area (Å²) in [5.74, 6) is -3.51. The molecule has 0 saturated carbocycles. The Morgan fingerprint density at radius 1 is 0.844 bits per heavy atom. The number of rotatable bonds is 5. The summed E-state index contributed by atoms with van der Waals surface area (Å²) in [4.78, 5) is 12.0. The fourth-order valence-electron chi connectivity index (χ4n) is 3.18. The summed E-state index contributed by atoms with van der Waals surface area (Å²) in [6, 6.07) is 10.8. The Bertz CT molecular complexity index is 1260. The van der Waals surface area contributed by atoms with Crippen molar-refractivity contribution >= 4 is 22.4 Å². The molecule has 1 aromatic carbocycles. The lowest BCUT2D eigenvalue weighted by Gasteiger charge is -2.16. The zero-order valence-corrected chi connectivity index (χ0v) is 16.2. The fourth-order valence-corrected chi connectivity index (χ4v) is 3.18. The topological polar surface area (TPSA) is 50.7 Å². The van der Waals surface area contributed by atoms with E-state index in [1.54, 1.807) is 12.1 Å². The molecule has 3 aromatic heterocycles. The minimum atomic E-state index is -4.49. The van der Waals surface area contributed by atoms with Crippen LogP contribution in [-0.4, -0.2) is 21.6 Å². The second-order valence-corrected chi connectivity index (χ2v) is 6.88. The molecule has 0 radical (unpaired) electrons. The summed E-state index contributed by atoms with van der Waals surface area (Å²) in [6.07, 6.45) is -0.987. The van der Waals surface area contributed by atoms with Crippen molar-refractivity contribution < 1.29 is 26.3 Å². The highest BCUT2D eigenvalue weighted by atomic mass is 19.4. The molecule has 0 fully saturated rings. The number of anilines is 2. The van der Waals surface area contributed by atoms with E-state index in [0.29, 0.717) is 22.2 Å². The maximum Gasteiger partial charge on any atom is 0.417 e. The molecule has 4 nitrogen and oxygen atoms in total. The quantitative estimate of drug-likeness (QED) is 0.354. The molecular weight excluding hydrogens is 434 g/mol. The third-order valence-corrected chi connectivity index (χ3v) is 4.74. The van der Waals surface area contributed by atoms with Gasteiger partial charge in [0.05, 0.1) is 22.5 Å². The summed E-state index contributed by atoms with van der Waals surface area (Å²) in [6.45, 7) is -1.86. The molecule has 0 bridgehead atoms. The predicted octanol–water partition coefficient (Wildman–Crippen LogP) is 6.52. The van der Waals surface area contributed by atoms with Gasteiger partial charge in [-0.15, -0.1) is 0 Å². The van der Waals surface area contributed by atoms with Crippen LogP contribution in [0.1, 0.15) is 11.1 Å². The number of hydrogen-bond donors (Lipinski definition) is 1. The molecule has 0 spiro atoms. The molecule has 0 aliphatic rings. The van der Waals surface area contributed by atoms with Crippen LogP contribution < -0.4 is 5.32 Å². The van der Waals surface area contributed by atoms with Crippen LogP contribution in [0.2, 0.25) is 0 Å². The smallest absolute Gasteiger partial charge is 0.340 e. The van der Waals surface area contributed by atoms with E-state index in [4.69, 9.17) is 0 Å². The molecule has 0 amide bonds. The van der Waals surface area contributed by atoms with Crippen molar-refractivity contribution in [2.75, 3.05) is 12.0 Å². The van der Waals surface area contributed by atoms with Crippen LogP contribution in [0.25, 0.3) is 22.2 Å². The second-order valence-electron chi connectivity index (χ2n) is 6.88. The Kier molecular flexibility index (Phi) is 5.45. The molecule has 10 heteroatoms. The Morgan fingerprint density at radius 2 is 1.66 bits per heavy atom. The minimum Gasteiger partial charge on any atom is -0.340 e. The van der Waals surface area contributed by atoms with Gasteiger partial charge in [0.2, 0.25) is 0 Å². The van der Waals surface area contributed by atoms with Crippen LogP contribution in [0.5, 0.6) is 0 Å². The number of pyridine rings is 3. The molecule has 164 valence electrons. The van der Waals surface area contributed by atoms with Crippen molar-refractivity contribution in [3.63, 3.8) is 0 Å². The van der Waals surface area contributed by atoms with Crippen molar-refractivity contribution in [1.82, 2.24) is 15.0 Å². The maximum atomic E-state index is 14.0. The predicted molar refractivity (Wildman–Crippen MR) is 107 cm³/mol. The number of benzene rings is 1.